The molecule has 2 heterocycles. The van der Waals surface area contributed by atoms with Gasteiger partial charge in [0.25, 0.3) is 0 Å². The Bertz CT molecular complexity index is 958. The lowest BCUT2D eigenvalue weighted by atomic mass is 10.00. The Kier molecular flexibility index (Phi) is 9.39. The largest absolute Gasteiger partial charge is 0.493 e. The zero-order valence-corrected chi connectivity index (χ0v) is 21.9. The van der Waals surface area contributed by atoms with Crippen molar-refractivity contribution < 1.29 is 19.1 Å². The first-order valence-electron chi connectivity index (χ1n) is 12.2. The summed E-state index contributed by atoms with van der Waals surface area (Å²) in [6, 6.07) is 9.45. The summed E-state index contributed by atoms with van der Waals surface area (Å²) in [7, 11) is 1.62. The lowest BCUT2D eigenvalue weighted by molar-refractivity contribution is -0.143. The molecule has 0 bridgehead atoms. The number of rotatable bonds is 11. The Labute approximate surface area is 207 Å². The van der Waals surface area contributed by atoms with Crippen molar-refractivity contribution in [3.8, 4) is 11.5 Å². The maximum Gasteiger partial charge on any atom is 0.242 e. The molecule has 0 N–H and O–H groups in total. The average Bonchev–Trinajstić information content (AvgIpc) is 3.30. The minimum Gasteiger partial charge on any atom is -0.493 e. The van der Waals surface area contributed by atoms with E-state index in [9.17, 15) is 9.59 Å². The highest BCUT2D eigenvalue weighted by Crippen LogP contribution is 2.35. The topological polar surface area (TPSA) is 59.1 Å². The first-order chi connectivity index (χ1) is 16.3. The van der Waals surface area contributed by atoms with E-state index in [-0.39, 0.29) is 30.3 Å². The molecule has 0 aliphatic carbocycles. The van der Waals surface area contributed by atoms with Gasteiger partial charge in [0.2, 0.25) is 11.8 Å². The van der Waals surface area contributed by atoms with Crippen molar-refractivity contribution in [2.45, 2.75) is 53.0 Å². The third-order valence-corrected chi connectivity index (χ3v) is 7.37. The van der Waals surface area contributed by atoms with Gasteiger partial charge in [0.05, 0.1) is 19.7 Å². The van der Waals surface area contributed by atoms with Crippen LogP contribution in [0.1, 0.15) is 57.0 Å². The maximum atomic E-state index is 13.6. The van der Waals surface area contributed by atoms with E-state index in [1.807, 2.05) is 43.0 Å². The number of benzene rings is 1. The van der Waals surface area contributed by atoms with Gasteiger partial charge in [0.1, 0.15) is 6.61 Å². The van der Waals surface area contributed by atoms with Crippen molar-refractivity contribution >= 4 is 23.2 Å². The summed E-state index contributed by atoms with van der Waals surface area (Å²) < 4.78 is 11.6. The molecule has 2 atom stereocenters. The van der Waals surface area contributed by atoms with E-state index in [0.29, 0.717) is 43.5 Å². The fourth-order valence-electron chi connectivity index (χ4n) is 4.27. The fraction of sp³-hybridized carbons (Fsp3) is 0.556. The SMILES string of the molecule is CC[C@H](C)CN(CC(=O)N1CCc2sccc2[C@@H]1COc1ccccc1OC)C(=O)CC(C)C. The van der Waals surface area contributed by atoms with Crippen LogP contribution < -0.4 is 9.47 Å². The molecule has 2 aromatic rings. The third-order valence-electron chi connectivity index (χ3n) is 6.37. The number of carbonyl (C=O) groups is 2. The third kappa shape index (κ3) is 6.53. The van der Waals surface area contributed by atoms with E-state index in [1.54, 1.807) is 23.3 Å². The van der Waals surface area contributed by atoms with Crippen LogP contribution in [0.4, 0.5) is 0 Å². The molecule has 6 nitrogen and oxygen atoms in total. The van der Waals surface area contributed by atoms with Crippen LogP contribution in [0.2, 0.25) is 0 Å². The maximum absolute atomic E-state index is 13.6. The number of para-hydroxylation sites is 2. The summed E-state index contributed by atoms with van der Waals surface area (Å²) in [6.45, 7) is 10.00. The molecule has 1 aliphatic heterocycles. The molecule has 1 aliphatic rings. The zero-order valence-electron chi connectivity index (χ0n) is 21.1. The van der Waals surface area contributed by atoms with E-state index in [2.05, 4.69) is 25.3 Å². The van der Waals surface area contributed by atoms with E-state index >= 15 is 0 Å². The lowest BCUT2D eigenvalue weighted by Gasteiger charge is -2.37. The van der Waals surface area contributed by atoms with Gasteiger partial charge in [-0.2, -0.15) is 0 Å². The predicted molar refractivity (Wildman–Crippen MR) is 136 cm³/mol. The summed E-state index contributed by atoms with van der Waals surface area (Å²) in [5.74, 6) is 1.96. The number of thiophene rings is 1. The van der Waals surface area contributed by atoms with Crippen molar-refractivity contribution in [3.63, 3.8) is 0 Å². The number of nitrogens with zero attached hydrogens (tertiary/aromatic N) is 2. The number of methoxy groups -OCH3 is 1. The lowest BCUT2D eigenvalue weighted by Crippen LogP contribution is -2.48. The second kappa shape index (κ2) is 12.2. The number of hydrogen-bond acceptors (Lipinski definition) is 5. The van der Waals surface area contributed by atoms with Gasteiger partial charge < -0.3 is 19.3 Å². The van der Waals surface area contributed by atoms with Crippen LogP contribution in [0.5, 0.6) is 11.5 Å². The molecule has 186 valence electrons. The molecule has 0 spiro atoms. The Morgan fingerprint density at radius 2 is 1.91 bits per heavy atom. The average molecular weight is 487 g/mol. The number of hydrogen-bond donors (Lipinski definition) is 0. The standard InChI is InChI=1S/C27H38N2O4S/c1-6-20(4)16-28(26(30)15-19(2)3)17-27(31)29-13-11-25-21(12-14-34-25)22(29)18-33-24-10-8-7-9-23(24)32-5/h7-10,12,14,19-20,22H,6,11,13,15-18H2,1-5H3/t20-,22-/m0/s1. The summed E-state index contributed by atoms with van der Waals surface area (Å²) >= 11 is 1.73. The molecule has 3 rings (SSSR count). The molecule has 2 amide bonds. The van der Waals surface area contributed by atoms with Gasteiger partial charge in [-0.3, -0.25) is 9.59 Å². The Morgan fingerprint density at radius 1 is 1.18 bits per heavy atom. The molecule has 34 heavy (non-hydrogen) atoms. The molecular formula is C27H38N2O4S. The number of ether oxygens (including phenoxy) is 2. The second-order valence-corrected chi connectivity index (χ2v) is 10.5. The molecule has 0 radical (unpaired) electrons. The van der Waals surface area contributed by atoms with Crippen molar-refractivity contribution in [3.05, 3.63) is 46.2 Å². The van der Waals surface area contributed by atoms with Gasteiger partial charge in [-0.05, 0) is 47.4 Å². The van der Waals surface area contributed by atoms with Gasteiger partial charge in [-0.1, -0.05) is 46.2 Å². The predicted octanol–water partition coefficient (Wildman–Crippen LogP) is 5.18. The van der Waals surface area contributed by atoms with E-state index < -0.39 is 0 Å². The highest BCUT2D eigenvalue weighted by atomic mass is 32.1. The minimum absolute atomic E-state index is 0.0223. The Morgan fingerprint density at radius 3 is 2.59 bits per heavy atom. The van der Waals surface area contributed by atoms with E-state index in [0.717, 1.165) is 18.4 Å². The normalized spacial score (nSPS) is 16.2. The number of fused-ring (bicyclic) bond motifs is 1. The first kappa shape index (κ1) is 26.1. The quantitative estimate of drug-likeness (QED) is 0.439. The minimum atomic E-state index is -0.196. The van der Waals surface area contributed by atoms with E-state index in [4.69, 9.17) is 9.47 Å². The summed E-state index contributed by atoms with van der Waals surface area (Å²) in [5, 5.41) is 2.08. The van der Waals surface area contributed by atoms with Crippen LogP contribution in [-0.4, -0.2) is 55.0 Å². The zero-order chi connectivity index (χ0) is 24.7. The second-order valence-electron chi connectivity index (χ2n) is 9.50. The van der Waals surface area contributed by atoms with Crippen LogP contribution in [-0.2, 0) is 16.0 Å². The summed E-state index contributed by atoms with van der Waals surface area (Å²) in [5.41, 5.74) is 1.14. The Hall–Kier alpha value is -2.54. The van der Waals surface area contributed by atoms with Crippen LogP contribution in [0.3, 0.4) is 0 Å². The molecule has 1 aromatic heterocycles. The highest BCUT2D eigenvalue weighted by molar-refractivity contribution is 7.10. The highest BCUT2D eigenvalue weighted by Gasteiger charge is 2.34. The monoisotopic (exact) mass is 486 g/mol. The van der Waals surface area contributed by atoms with Crippen molar-refractivity contribution in [2.24, 2.45) is 11.8 Å². The van der Waals surface area contributed by atoms with Crippen LogP contribution in [0, 0.1) is 11.8 Å². The first-order valence-corrected chi connectivity index (χ1v) is 13.1. The molecule has 0 saturated carbocycles. The van der Waals surface area contributed by atoms with Crippen LogP contribution >= 0.6 is 11.3 Å². The summed E-state index contributed by atoms with van der Waals surface area (Å²) in [4.78, 5) is 31.5. The van der Waals surface area contributed by atoms with Crippen molar-refractivity contribution in [2.75, 3.05) is 33.4 Å². The smallest absolute Gasteiger partial charge is 0.242 e. The molecule has 7 heteroatoms. The molecule has 0 saturated heterocycles. The van der Waals surface area contributed by atoms with E-state index in [1.165, 1.54) is 4.88 Å². The van der Waals surface area contributed by atoms with Gasteiger partial charge in [-0.15, -0.1) is 11.3 Å². The van der Waals surface area contributed by atoms with Crippen LogP contribution in [0.15, 0.2) is 35.7 Å². The molecule has 1 aromatic carbocycles. The van der Waals surface area contributed by atoms with Crippen molar-refractivity contribution in [1.29, 1.82) is 0 Å². The fourth-order valence-corrected chi connectivity index (χ4v) is 5.20. The molecular weight excluding hydrogens is 448 g/mol. The van der Waals surface area contributed by atoms with Gasteiger partial charge in [0, 0.05) is 24.4 Å². The number of carbonyl (C=O) groups excluding carboxylic acids is 2. The van der Waals surface area contributed by atoms with Gasteiger partial charge >= 0.3 is 0 Å². The summed E-state index contributed by atoms with van der Waals surface area (Å²) in [6.07, 6.45) is 2.25. The molecule has 0 fully saturated rings. The Balaban J connectivity index is 1.79. The molecule has 0 unspecified atom stereocenters. The van der Waals surface area contributed by atoms with Gasteiger partial charge in [-0.25, -0.2) is 0 Å². The van der Waals surface area contributed by atoms with Crippen LogP contribution in [0.25, 0.3) is 0 Å². The van der Waals surface area contributed by atoms with Gasteiger partial charge in [0.15, 0.2) is 11.5 Å². The van der Waals surface area contributed by atoms with Crippen molar-refractivity contribution in [1.82, 2.24) is 9.80 Å². The number of amides is 2.